The number of hydrogen-bond donors (Lipinski definition) is 0. The third-order valence-electron chi connectivity index (χ3n) is 5.88. The van der Waals surface area contributed by atoms with Gasteiger partial charge in [-0.25, -0.2) is 4.98 Å². The van der Waals surface area contributed by atoms with E-state index in [0.29, 0.717) is 12.1 Å². The Morgan fingerprint density at radius 1 is 1.17 bits per heavy atom. The molecule has 158 valence electrons. The summed E-state index contributed by atoms with van der Waals surface area (Å²) < 4.78 is 6.96. The van der Waals surface area contributed by atoms with E-state index in [-0.39, 0.29) is 17.4 Å². The Hall–Kier alpha value is -2.24. The highest BCUT2D eigenvalue weighted by Crippen LogP contribution is 2.33. The molecule has 5 heteroatoms. The zero-order valence-electron chi connectivity index (χ0n) is 18.5. The van der Waals surface area contributed by atoms with E-state index in [0.717, 1.165) is 34.8 Å². The number of amides is 1. The van der Waals surface area contributed by atoms with Crippen LogP contribution in [0, 0.1) is 13.8 Å². The van der Waals surface area contributed by atoms with E-state index in [1.54, 1.807) is 11.3 Å². The molecule has 0 saturated carbocycles. The highest BCUT2D eigenvalue weighted by atomic mass is 32.1. The van der Waals surface area contributed by atoms with Gasteiger partial charge in [0.15, 0.2) is 5.13 Å². The van der Waals surface area contributed by atoms with Crippen LogP contribution in [0.1, 0.15) is 60.7 Å². The molecule has 2 aromatic carbocycles. The summed E-state index contributed by atoms with van der Waals surface area (Å²) in [6.45, 7) is 12.1. The van der Waals surface area contributed by atoms with Crippen LogP contribution in [0.25, 0.3) is 10.2 Å². The van der Waals surface area contributed by atoms with Gasteiger partial charge in [0.25, 0.3) is 5.91 Å². The van der Waals surface area contributed by atoms with Crippen molar-refractivity contribution < 1.29 is 9.53 Å². The lowest BCUT2D eigenvalue weighted by molar-refractivity contribution is 0.0917. The lowest BCUT2D eigenvalue weighted by Gasteiger charge is -2.24. The summed E-state index contributed by atoms with van der Waals surface area (Å²) in [5, 5.41) is 0.746. The van der Waals surface area contributed by atoms with Crippen LogP contribution in [-0.4, -0.2) is 30.1 Å². The highest BCUT2D eigenvalue weighted by Gasteiger charge is 2.27. The molecule has 1 atom stereocenters. The van der Waals surface area contributed by atoms with Crippen molar-refractivity contribution in [2.75, 3.05) is 18.1 Å². The molecule has 0 N–H and O–H groups in total. The Balaban J connectivity index is 1.69. The summed E-state index contributed by atoms with van der Waals surface area (Å²) in [4.78, 5) is 20.2. The molecule has 1 fully saturated rings. The number of hydrogen-bond acceptors (Lipinski definition) is 4. The van der Waals surface area contributed by atoms with E-state index in [4.69, 9.17) is 9.72 Å². The van der Waals surface area contributed by atoms with Crippen LogP contribution in [0.2, 0.25) is 0 Å². The van der Waals surface area contributed by atoms with Gasteiger partial charge in [0.2, 0.25) is 0 Å². The summed E-state index contributed by atoms with van der Waals surface area (Å²) in [5.41, 5.74) is 5.37. The van der Waals surface area contributed by atoms with Crippen LogP contribution in [0.3, 0.4) is 0 Å². The summed E-state index contributed by atoms with van der Waals surface area (Å²) in [6.07, 6.45) is 2.10. The first-order valence-electron chi connectivity index (χ1n) is 10.6. The second-order valence-corrected chi connectivity index (χ2v) is 10.3. The first kappa shape index (κ1) is 21.0. The van der Waals surface area contributed by atoms with E-state index in [1.807, 2.05) is 17.0 Å². The van der Waals surface area contributed by atoms with Crippen LogP contribution < -0.4 is 4.90 Å². The zero-order valence-corrected chi connectivity index (χ0v) is 19.3. The van der Waals surface area contributed by atoms with E-state index < -0.39 is 0 Å². The normalized spacial score (nSPS) is 16.9. The second-order valence-electron chi connectivity index (χ2n) is 9.28. The fourth-order valence-corrected chi connectivity index (χ4v) is 4.84. The fourth-order valence-electron chi connectivity index (χ4n) is 3.79. The molecule has 2 heterocycles. The van der Waals surface area contributed by atoms with Crippen LogP contribution in [0.4, 0.5) is 5.13 Å². The van der Waals surface area contributed by atoms with Crippen molar-refractivity contribution in [3.8, 4) is 0 Å². The largest absolute Gasteiger partial charge is 0.376 e. The van der Waals surface area contributed by atoms with Crippen LogP contribution in [0.15, 0.2) is 36.4 Å². The van der Waals surface area contributed by atoms with E-state index in [9.17, 15) is 4.79 Å². The van der Waals surface area contributed by atoms with Gasteiger partial charge in [-0.05, 0) is 73.1 Å². The first-order valence-corrected chi connectivity index (χ1v) is 11.5. The van der Waals surface area contributed by atoms with Crippen molar-refractivity contribution in [2.45, 2.75) is 59.0 Å². The smallest absolute Gasteiger partial charge is 0.260 e. The quantitative estimate of drug-likeness (QED) is 0.515. The Bertz CT molecular complexity index is 1020. The Morgan fingerprint density at radius 2 is 1.87 bits per heavy atom. The fraction of sp³-hybridized carbons (Fsp3) is 0.440. The number of ether oxygens (including phenoxy) is 1. The average Bonchev–Trinajstić information content (AvgIpc) is 3.35. The molecule has 30 heavy (non-hydrogen) atoms. The summed E-state index contributed by atoms with van der Waals surface area (Å²) in [5.74, 6) is -0.0153. The van der Waals surface area contributed by atoms with Gasteiger partial charge in [-0.2, -0.15) is 0 Å². The number of thiazole rings is 1. The molecule has 0 radical (unpaired) electrons. The molecular weight excluding hydrogens is 392 g/mol. The van der Waals surface area contributed by atoms with Crippen LogP contribution in [0.5, 0.6) is 0 Å². The van der Waals surface area contributed by atoms with Gasteiger partial charge in [-0.3, -0.25) is 9.69 Å². The molecule has 4 rings (SSSR count). The molecular formula is C25H30N2O2S. The highest BCUT2D eigenvalue weighted by molar-refractivity contribution is 7.22. The molecule has 1 aromatic heterocycles. The predicted molar refractivity (Wildman–Crippen MR) is 125 cm³/mol. The van der Waals surface area contributed by atoms with Gasteiger partial charge in [0.1, 0.15) is 0 Å². The number of aryl methyl sites for hydroxylation is 2. The van der Waals surface area contributed by atoms with Gasteiger partial charge < -0.3 is 4.74 Å². The lowest BCUT2D eigenvalue weighted by Crippen LogP contribution is -2.37. The van der Waals surface area contributed by atoms with Crippen molar-refractivity contribution in [3.63, 3.8) is 0 Å². The molecule has 1 unspecified atom stereocenters. The van der Waals surface area contributed by atoms with Crippen LogP contribution in [-0.2, 0) is 10.2 Å². The third kappa shape index (κ3) is 4.28. The zero-order chi connectivity index (χ0) is 21.5. The molecule has 0 spiro atoms. The van der Waals surface area contributed by atoms with Gasteiger partial charge in [-0.15, -0.1) is 0 Å². The number of carbonyl (C=O) groups excluding carboxylic acids is 1. The average molecular weight is 423 g/mol. The monoisotopic (exact) mass is 422 g/mol. The SMILES string of the molecule is Cc1cc2nc(N(CC3CCCO3)C(=O)c3ccc(C(C)(C)C)cc3)sc2cc1C. The second kappa shape index (κ2) is 8.12. The molecule has 1 amide bonds. The summed E-state index contributed by atoms with van der Waals surface area (Å²) in [6, 6.07) is 12.3. The predicted octanol–water partition coefficient (Wildman–Crippen LogP) is 6.04. The lowest BCUT2D eigenvalue weighted by atomic mass is 9.86. The van der Waals surface area contributed by atoms with Gasteiger partial charge >= 0.3 is 0 Å². The van der Waals surface area contributed by atoms with Crippen molar-refractivity contribution in [1.29, 1.82) is 0 Å². The van der Waals surface area contributed by atoms with Gasteiger partial charge in [0.05, 0.1) is 22.9 Å². The molecule has 0 bridgehead atoms. The molecule has 3 aromatic rings. The maximum Gasteiger partial charge on any atom is 0.260 e. The number of aromatic nitrogens is 1. The Kier molecular flexibility index (Phi) is 5.69. The first-order chi connectivity index (χ1) is 14.2. The molecule has 1 saturated heterocycles. The maximum absolute atomic E-state index is 13.5. The minimum absolute atomic E-state index is 0.0153. The van der Waals surface area contributed by atoms with Gasteiger partial charge in [-0.1, -0.05) is 44.2 Å². The van der Waals surface area contributed by atoms with Gasteiger partial charge in [0, 0.05) is 12.2 Å². The Labute approximate surface area is 182 Å². The minimum atomic E-state index is -0.0153. The standard InChI is InChI=1S/C25H30N2O2S/c1-16-13-21-22(14-17(16)2)30-24(26-21)27(15-20-7-6-12-29-20)23(28)18-8-10-19(11-9-18)25(3,4)5/h8-11,13-14,20H,6-7,12,15H2,1-5H3. The van der Waals surface area contributed by atoms with Crippen molar-refractivity contribution >= 4 is 32.6 Å². The molecule has 1 aliphatic heterocycles. The number of carbonyl (C=O) groups is 1. The topological polar surface area (TPSA) is 42.4 Å². The maximum atomic E-state index is 13.5. The van der Waals surface area contributed by atoms with Crippen molar-refractivity contribution in [3.05, 3.63) is 58.7 Å². The number of benzene rings is 2. The number of fused-ring (bicyclic) bond motifs is 1. The van der Waals surface area contributed by atoms with Crippen LogP contribution >= 0.6 is 11.3 Å². The molecule has 1 aliphatic rings. The van der Waals surface area contributed by atoms with E-state index >= 15 is 0 Å². The van der Waals surface area contributed by atoms with E-state index in [1.165, 1.54) is 16.7 Å². The van der Waals surface area contributed by atoms with E-state index in [2.05, 4.69) is 58.9 Å². The molecule has 4 nitrogen and oxygen atoms in total. The number of anilines is 1. The Morgan fingerprint density at radius 3 is 2.50 bits per heavy atom. The van der Waals surface area contributed by atoms with Crippen molar-refractivity contribution in [2.24, 2.45) is 0 Å². The summed E-state index contributed by atoms with van der Waals surface area (Å²) >= 11 is 1.58. The number of nitrogens with zero attached hydrogens (tertiary/aromatic N) is 2. The van der Waals surface area contributed by atoms with Crippen molar-refractivity contribution in [1.82, 2.24) is 4.98 Å². The molecule has 0 aliphatic carbocycles. The third-order valence-corrected chi connectivity index (χ3v) is 6.92. The minimum Gasteiger partial charge on any atom is -0.376 e. The number of rotatable bonds is 4. The summed E-state index contributed by atoms with van der Waals surface area (Å²) in [7, 11) is 0.